The van der Waals surface area contributed by atoms with Gasteiger partial charge in [0.2, 0.25) is 0 Å². The molecule has 0 aliphatic carbocycles. The topological polar surface area (TPSA) is 61.4 Å². The van der Waals surface area contributed by atoms with Gasteiger partial charge >= 0.3 is 6.61 Å². The van der Waals surface area contributed by atoms with E-state index in [9.17, 15) is 8.78 Å². The van der Waals surface area contributed by atoms with Gasteiger partial charge in [0.15, 0.2) is 5.96 Å². The highest BCUT2D eigenvalue weighted by molar-refractivity contribution is 14.0. The van der Waals surface area contributed by atoms with E-state index >= 15 is 0 Å². The molecule has 1 heterocycles. The van der Waals surface area contributed by atoms with Crippen LogP contribution in [0.3, 0.4) is 0 Å². The average molecular weight is 541 g/mol. The van der Waals surface area contributed by atoms with E-state index in [2.05, 4.69) is 44.1 Å². The van der Waals surface area contributed by atoms with E-state index in [1.165, 1.54) is 13.2 Å². The van der Waals surface area contributed by atoms with Crippen LogP contribution in [-0.4, -0.2) is 81.8 Å². The van der Waals surface area contributed by atoms with Crippen LogP contribution in [0, 0.1) is 0 Å². The van der Waals surface area contributed by atoms with Crippen LogP contribution in [0.2, 0.25) is 0 Å². The normalized spacial score (nSPS) is 16.7. The van der Waals surface area contributed by atoms with Crippen molar-refractivity contribution in [2.75, 3.05) is 53.4 Å². The molecule has 10 heteroatoms. The van der Waals surface area contributed by atoms with Crippen LogP contribution in [0.5, 0.6) is 11.5 Å². The Morgan fingerprint density at radius 1 is 1.20 bits per heavy atom. The summed E-state index contributed by atoms with van der Waals surface area (Å²) in [6.07, 6.45) is 0. The molecule has 2 rings (SSSR count). The molecule has 30 heavy (non-hydrogen) atoms. The summed E-state index contributed by atoms with van der Waals surface area (Å²) < 4.78 is 35.2. The van der Waals surface area contributed by atoms with Crippen LogP contribution in [-0.2, 0) is 6.54 Å². The van der Waals surface area contributed by atoms with Gasteiger partial charge in [-0.1, -0.05) is 0 Å². The first-order valence-electron chi connectivity index (χ1n) is 9.99. The van der Waals surface area contributed by atoms with Gasteiger partial charge in [-0.25, -0.2) is 4.99 Å². The summed E-state index contributed by atoms with van der Waals surface area (Å²) in [5, 5.41) is 6.55. The smallest absolute Gasteiger partial charge is 0.387 e. The fraction of sp³-hybridized carbons (Fsp3) is 0.650. The number of hydrogen-bond donors (Lipinski definition) is 2. The number of nitrogens with zero attached hydrogens (tertiary/aromatic N) is 3. The molecule has 1 saturated heterocycles. The predicted molar refractivity (Wildman–Crippen MR) is 126 cm³/mol. The van der Waals surface area contributed by atoms with Crippen molar-refractivity contribution in [2.45, 2.75) is 33.0 Å². The zero-order valence-electron chi connectivity index (χ0n) is 18.2. The molecule has 1 aliphatic heterocycles. The Bertz CT molecular complexity index is 658. The summed E-state index contributed by atoms with van der Waals surface area (Å²) in [4.78, 5) is 9.32. The molecule has 1 aliphatic rings. The number of benzene rings is 1. The molecule has 7 nitrogen and oxygen atoms in total. The van der Waals surface area contributed by atoms with Crippen LogP contribution in [0.1, 0.15) is 19.4 Å². The van der Waals surface area contributed by atoms with E-state index in [1.54, 1.807) is 12.1 Å². The number of ether oxygens (including phenoxy) is 2. The lowest BCUT2D eigenvalue weighted by atomic mass is 10.2. The average Bonchev–Trinajstić information content (AvgIpc) is 2.70. The summed E-state index contributed by atoms with van der Waals surface area (Å²) in [7, 11) is 3.67. The van der Waals surface area contributed by atoms with Crippen molar-refractivity contribution in [3.8, 4) is 11.5 Å². The first kappa shape index (κ1) is 26.6. The summed E-state index contributed by atoms with van der Waals surface area (Å²) in [5.41, 5.74) is 0.536. The molecule has 0 aromatic heterocycles. The Morgan fingerprint density at radius 3 is 2.50 bits per heavy atom. The van der Waals surface area contributed by atoms with Crippen LogP contribution in [0.15, 0.2) is 23.2 Å². The molecule has 1 aromatic rings. The Labute approximate surface area is 195 Å². The van der Waals surface area contributed by atoms with E-state index < -0.39 is 6.61 Å². The van der Waals surface area contributed by atoms with Gasteiger partial charge in [0, 0.05) is 50.9 Å². The molecule has 2 N–H and O–H groups in total. The van der Waals surface area contributed by atoms with E-state index in [1.807, 2.05) is 6.92 Å². The summed E-state index contributed by atoms with van der Waals surface area (Å²) in [6.45, 7) is 7.16. The number of methoxy groups -OCH3 is 1. The van der Waals surface area contributed by atoms with Gasteiger partial charge in [-0.2, -0.15) is 8.78 Å². The molecule has 1 atom stereocenters. The Morgan fingerprint density at radius 2 is 1.90 bits per heavy atom. The largest absolute Gasteiger partial charge is 0.497 e. The summed E-state index contributed by atoms with van der Waals surface area (Å²) in [5.74, 6) is 1.31. The number of likely N-dealkylation sites (N-methyl/N-ethyl adjacent to an activating group) is 1. The van der Waals surface area contributed by atoms with Gasteiger partial charge in [-0.15, -0.1) is 24.0 Å². The lowest BCUT2D eigenvalue weighted by Crippen LogP contribution is -2.52. The minimum Gasteiger partial charge on any atom is -0.497 e. The van der Waals surface area contributed by atoms with Gasteiger partial charge in [0.25, 0.3) is 0 Å². The lowest BCUT2D eigenvalue weighted by molar-refractivity contribution is -0.0504. The maximum Gasteiger partial charge on any atom is 0.387 e. The van der Waals surface area contributed by atoms with E-state index in [0.29, 0.717) is 29.9 Å². The number of alkyl halides is 2. The van der Waals surface area contributed by atoms with Crippen molar-refractivity contribution in [1.82, 2.24) is 20.4 Å². The predicted octanol–water partition coefficient (Wildman–Crippen LogP) is 2.61. The minimum atomic E-state index is -2.89. The van der Waals surface area contributed by atoms with Crippen molar-refractivity contribution in [3.63, 3.8) is 0 Å². The Kier molecular flexibility index (Phi) is 12.3. The van der Waals surface area contributed by atoms with Crippen LogP contribution < -0.4 is 20.1 Å². The third-order valence-electron chi connectivity index (χ3n) is 4.96. The van der Waals surface area contributed by atoms with Crippen molar-refractivity contribution in [1.29, 1.82) is 0 Å². The molecule has 1 aromatic carbocycles. The van der Waals surface area contributed by atoms with Crippen molar-refractivity contribution < 1.29 is 18.3 Å². The second-order valence-electron chi connectivity index (χ2n) is 7.12. The van der Waals surface area contributed by atoms with E-state index in [-0.39, 0.29) is 36.3 Å². The molecule has 172 valence electrons. The van der Waals surface area contributed by atoms with Gasteiger partial charge in [0.1, 0.15) is 11.5 Å². The number of hydrogen-bond acceptors (Lipinski definition) is 5. The van der Waals surface area contributed by atoms with Gasteiger partial charge in [-0.3, -0.25) is 4.90 Å². The standard InChI is InChI=1S/C20H33F2N5O2.HI/c1-5-23-20(24-13-15(2)27-10-8-26(3)9-11-27)25-14-16-12-17(28-4)6-7-18(16)29-19(21)22;/h6-7,12,15,19H,5,8-11,13-14H2,1-4H3,(H2,23,24,25);1H. The minimum absolute atomic E-state index is 0. The molecule has 0 saturated carbocycles. The summed E-state index contributed by atoms with van der Waals surface area (Å²) >= 11 is 0. The molecule has 0 amide bonds. The maximum absolute atomic E-state index is 12.7. The van der Waals surface area contributed by atoms with Crippen LogP contribution >= 0.6 is 24.0 Å². The fourth-order valence-corrected chi connectivity index (χ4v) is 3.16. The SMILES string of the molecule is CCNC(=NCc1cc(OC)ccc1OC(F)F)NCC(C)N1CCN(C)CC1.I. The quantitative estimate of drug-likeness (QED) is 0.285. The number of aliphatic imine (C=N–C) groups is 1. The first-order chi connectivity index (χ1) is 13.9. The second kappa shape index (κ2) is 13.8. The molecule has 0 spiro atoms. The van der Waals surface area contributed by atoms with Gasteiger partial charge in [-0.05, 0) is 39.1 Å². The van der Waals surface area contributed by atoms with E-state index in [4.69, 9.17) is 4.74 Å². The zero-order chi connectivity index (χ0) is 21.2. The molecular formula is C20H34F2IN5O2. The van der Waals surface area contributed by atoms with Gasteiger partial charge < -0.3 is 25.0 Å². The zero-order valence-corrected chi connectivity index (χ0v) is 20.5. The number of rotatable bonds is 9. The van der Waals surface area contributed by atoms with Crippen molar-refractivity contribution in [2.24, 2.45) is 4.99 Å². The van der Waals surface area contributed by atoms with Crippen molar-refractivity contribution >= 4 is 29.9 Å². The Hall–Kier alpha value is -1.40. The highest BCUT2D eigenvalue weighted by atomic mass is 127. The highest BCUT2D eigenvalue weighted by Crippen LogP contribution is 2.26. The number of halogens is 3. The molecule has 0 bridgehead atoms. The van der Waals surface area contributed by atoms with Crippen molar-refractivity contribution in [3.05, 3.63) is 23.8 Å². The van der Waals surface area contributed by atoms with Crippen LogP contribution in [0.25, 0.3) is 0 Å². The molecule has 0 radical (unpaired) electrons. The third kappa shape index (κ3) is 8.76. The number of guanidine groups is 1. The summed E-state index contributed by atoms with van der Waals surface area (Å²) in [6, 6.07) is 5.09. The highest BCUT2D eigenvalue weighted by Gasteiger charge is 2.19. The van der Waals surface area contributed by atoms with Gasteiger partial charge in [0.05, 0.1) is 13.7 Å². The Balaban J connectivity index is 0.00000450. The fourth-order valence-electron chi connectivity index (χ4n) is 3.16. The second-order valence-corrected chi connectivity index (χ2v) is 7.12. The number of piperazine rings is 1. The molecular weight excluding hydrogens is 507 g/mol. The maximum atomic E-state index is 12.7. The number of nitrogens with one attached hydrogen (secondary N) is 2. The monoisotopic (exact) mass is 541 g/mol. The molecule has 1 unspecified atom stereocenters. The third-order valence-corrected chi connectivity index (χ3v) is 4.96. The first-order valence-corrected chi connectivity index (χ1v) is 9.99. The lowest BCUT2D eigenvalue weighted by Gasteiger charge is -2.36. The van der Waals surface area contributed by atoms with Crippen LogP contribution in [0.4, 0.5) is 8.78 Å². The van der Waals surface area contributed by atoms with E-state index in [0.717, 1.165) is 32.7 Å². The molecule has 1 fully saturated rings.